The van der Waals surface area contributed by atoms with Crippen molar-refractivity contribution < 1.29 is 14.3 Å². The molecule has 1 aromatic carbocycles. The molecule has 0 aliphatic heterocycles. The summed E-state index contributed by atoms with van der Waals surface area (Å²) >= 11 is 0. The van der Waals surface area contributed by atoms with E-state index in [1.807, 2.05) is 0 Å². The maximum Gasteiger partial charge on any atom is 0.308 e. The molecule has 0 atom stereocenters. The van der Waals surface area contributed by atoms with E-state index in [2.05, 4.69) is 11.4 Å². The van der Waals surface area contributed by atoms with Crippen molar-refractivity contribution in [2.45, 2.75) is 64.8 Å². The maximum absolute atomic E-state index is 13.2. The number of benzene rings is 1. The van der Waals surface area contributed by atoms with Gasteiger partial charge >= 0.3 is 5.97 Å². The van der Waals surface area contributed by atoms with Crippen LogP contribution in [-0.4, -0.2) is 16.4 Å². The van der Waals surface area contributed by atoms with Crippen LogP contribution in [0.25, 0.3) is 0 Å². The molecule has 162 valence electrons. The van der Waals surface area contributed by atoms with Crippen LogP contribution >= 0.6 is 0 Å². The number of nitrogens with zero attached hydrogens (tertiary/aromatic N) is 2. The average Bonchev–Trinajstić information content (AvgIpc) is 2.71. The lowest BCUT2D eigenvalue weighted by Crippen LogP contribution is -2.33. The summed E-state index contributed by atoms with van der Waals surface area (Å²) < 4.78 is 6.70. The summed E-state index contributed by atoms with van der Waals surface area (Å²) in [5.41, 5.74) is 2.35. The van der Waals surface area contributed by atoms with Crippen LogP contribution in [0.4, 0.5) is 5.69 Å². The molecular weight excluding hydrogens is 394 g/mol. The Bertz CT molecular complexity index is 1050. The Morgan fingerprint density at radius 3 is 2.52 bits per heavy atom. The molecule has 1 aromatic heterocycles. The van der Waals surface area contributed by atoms with Crippen molar-refractivity contribution in [3.63, 3.8) is 0 Å². The Labute approximate surface area is 181 Å². The number of anilines is 1. The van der Waals surface area contributed by atoms with Gasteiger partial charge in [-0.3, -0.25) is 14.4 Å². The molecule has 0 spiro atoms. The third-order valence-electron chi connectivity index (χ3n) is 5.39. The minimum Gasteiger partial charge on any atom is -0.427 e. The molecule has 1 aliphatic carbocycles. The first-order valence-corrected chi connectivity index (χ1v) is 10.7. The number of nitrogens with one attached hydrogen (secondary N) is 1. The quantitative estimate of drug-likeness (QED) is 0.432. The SMILES string of the molecule is CC(=O)Oc1ccc(NC(=O)c2cc3c(n(CCCC#N)c2=O)CCCCCC3)cc1. The second-order valence-electron chi connectivity index (χ2n) is 7.73. The van der Waals surface area contributed by atoms with Gasteiger partial charge in [-0.2, -0.15) is 5.26 Å². The third-order valence-corrected chi connectivity index (χ3v) is 5.39. The second-order valence-corrected chi connectivity index (χ2v) is 7.73. The van der Waals surface area contributed by atoms with Crippen molar-refractivity contribution in [1.29, 1.82) is 5.26 Å². The van der Waals surface area contributed by atoms with E-state index in [4.69, 9.17) is 10.00 Å². The predicted octanol–water partition coefficient (Wildman–Crippen LogP) is 3.99. The molecule has 7 heteroatoms. The number of rotatable bonds is 6. The van der Waals surface area contributed by atoms with Crippen molar-refractivity contribution in [3.05, 3.63) is 57.5 Å². The Kier molecular flexibility index (Phi) is 7.60. The largest absolute Gasteiger partial charge is 0.427 e. The number of hydrogen-bond donors (Lipinski definition) is 1. The van der Waals surface area contributed by atoms with E-state index in [0.717, 1.165) is 49.8 Å². The normalized spacial score (nSPS) is 13.3. The first-order chi connectivity index (χ1) is 15.0. The minimum absolute atomic E-state index is 0.111. The zero-order valence-corrected chi connectivity index (χ0v) is 17.8. The molecule has 0 saturated heterocycles. The average molecular weight is 421 g/mol. The van der Waals surface area contributed by atoms with Gasteiger partial charge in [-0.05, 0) is 68.0 Å². The van der Waals surface area contributed by atoms with Crippen LogP contribution < -0.4 is 15.6 Å². The van der Waals surface area contributed by atoms with E-state index < -0.39 is 11.9 Å². The van der Waals surface area contributed by atoms with Crippen LogP contribution in [0.3, 0.4) is 0 Å². The number of unbranched alkanes of at least 4 members (excludes halogenated alkanes) is 1. The van der Waals surface area contributed by atoms with E-state index in [1.54, 1.807) is 34.9 Å². The molecule has 7 nitrogen and oxygen atoms in total. The molecule has 1 heterocycles. The van der Waals surface area contributed by atoms with Crippen molar-refractivity contribution in [1.82, 2.24) is 4.57 Å². The molecule has 3 rings (SSSR count). The highest BCUT2D eigenvalue weighted by atomic mass is 16.5. The number of carbonyl (C=O) groups excluding carboxylic acids is 2. The Morgan fingerprint density at radius 1 is 1.13 bits per heavy atom. The fraction of sp³-hybridized carbons (Fsp3) is 0.417. The highest BCUT2D eigenvalue weighted by Gasteiger charge is 2.20. The molecule has 0 radical (unpaired) electrons. The van der Waals surface area contributed by atoms with E-state index in [1.165, 1.54) is 6.92 Å². The monoisotopic (exact) mass is 421 g/mol. The fourth-order valence-corrected chi connectivity index (χ4v) is 3.92. The van der Waals surface area contributed by atoms with Gasteiger partial charge in [0.05, 0.1) is 6.07 Å². The van der Waals surface area contributed by atoms with Crippen LogP contribution in [0, 0.1) is 11.3 Å². The molecule has 1 N–H and O–H groups in total. The van der Waals surface area contributed by atoms with Gasteiger partial charge in [-0.25, -0.2) is 0 Å². The van der Waals surface area contributed by atoms with Gasteiger partial charge in [-0.15, -0.1) is 0 Å². The Hall–Kier alpha value is -3.40. The van der Waals surface area contributed by atoms with Crippen molar-refractivity contribution in [3.8, 4) is 11.8 Å². The molecule has 0 fully saturated rings. The molecule has 0 unspecified atom stereocenters. The number of hydrogen-bond acceptors (Lipinski definition) is 5. The van der Waals surface area contributed by atoms with Gasteiger partial charge < -0.3 is 14.6 Å². The van der Waals surface area contributed by atoms with Gasteiger partial charge in [0.15, 0.2) is 0 Å². The molecule has 0 saturated carbocycles. The third kappa shape index (κ3) is 5.82. The lowest BCUT2D eigenvalue weighted by atomic mass is 9.95. The van der Waals surface area contributed by atoms with Gasteiger partial charge in [0.25, 0.3) is 11.5 Å². The van der Waals surface area contributed by atoms with E-state index in [-0.39, 0.29) is 11.1 Å². The highest BCUT2D eigenvalue weighted by Crippen LogP contribution is 2.22. The summed E-state index contributed by atoms with van der Waals surface area (Å²) in [6.45, 7) is 1.75. The maximum atomic E-state index is 13.2. The van der Waals surface area contributed by atoms with Crippen LogP contribution in [0.5, 0.6) is 5.75 Å². The van der Waals surface area contributed by atoms with Gasteiger partial charge in [0.2, 0.25) is 0 Å². The van der Waals surface area contributed by atoms with Crippen LogP contribution in [0.15, 0.2) is 35.1 Å². The number of nitriles is 1. The first kappa shape index (κ1) is 22.3. The summed E-state index contributed by atoms with van der Waals surface area (Å²) in [7, 11) is 0. The smallest absolute Gasteiger partial charge is 0.308 e. The summed E-state index contributed by atoms with van der Waals surface area (Å²) in [6, 6.07) is 10.3. The second kappa shape index (κ2) is 10.6. The molecule has 1 amide bonds. The number of fused-ring (bicyclic) bond motifs is 1. The Balaban J connectivity index is 1.90. The molecule has 0 bridgehead atoms. The van der Waals surface area contributed by atoms with Crippen molar-refractivity contribution >= 4 is 17.6 Å². The number of aryl methyl sites for hydroxylation is 1. The number of esters is 1. The predicted molar refractivity (Wildman–Crippen MR) is 117 cm³/mol. The number of amides is 1. The van der Waals surface area contributed by atoms with Crippen molar-refractivity contribution in [2.75, 3.05) is 5.32 Å². The van der Waals surface area contributed by atoms with E-state index in [0.29, 0.717) is 30.8 Å². The summed E-state index contributed by atoms with van der Waals surface area (Å²) in [6.07, 6.45) is 6.92. The van der Waals surface area contributed by atoms with Gasteiger partial charge in [0.1, 0.15) is 11.3 Å². The highest BCUT2D eigenvalue weighted by molar-refractivity contribution is 6.04. The molecule has 1 aliphatic rings. The summed E-state index contributed by atoms with van der Waals surface area (Å²) in [4.78, 5) is 37.2. The molecule has 31 heavy (non-hydrogen) atoms. The van der Waals surface area contributed by atoms with Crippen LogP contribution in [0.2, 0.25) is 0 Å². The first-order valence-electron chi connectivity index (χ1n) is 10.7. The molecule has 2 aromatic rings. The lowest BCUT2D eigenvalue weighted by Gasteiger charge is -2.21. The Morgan fingerprint density at radius 2 is 1.84 bits per heavy atom. The zero-order valence-electron chi connectivity index (χ0n) is 17.8. The number of aromatic nitrogens is 1. The van der Waals surface area contributed by atoms with Crippen LogP contribution in [0.1, 0.15) is 67.1 Å². The minimum atomic E-state index is -0.468. The standard InChI is InChI=1S/C24H27N3O4/c1-17(28)31-20-12-10-19(11-13-20)26-23(29)21-16-18-8-4-2-3-5-9-22(18)27(24(21)30)15-7-6-14-25/h10-13,16H,2-9,15H2,1H3,(H,26,29). The number of carbonyl (C=O) groups is 2. The topological polar surface area (TPSA) is 101 Å². The summed E-state index contributed by atoms with van der Waals surface area (Å²) in [5.74, 6) is -0.509. The van der Waals surface area contributed by atoms with E-state index in [9.17, 15) is 14.4 Å². The van der Waals surface area contributed by atoms with Crippen molar-refractivity contribution in [2.24, 2.45) is 0 Å². The molecular formula is C24H27N3O4. The van der Waals surface area contributed by atoms with Gasteiger partial charge in [0, 0.05) is 31.3 Å². The lowest BCUT2D eigenvalue weighted by molar-refractivity contribution is -0.131. The number of ether oxygens (including phenoxy) is 1. The number of pyridine rings is 1. The summed E-state index contributed by atoms with van der Waals surface area (Å²) in [5, 5.41) is 11.6. The zero-order chi connectivity index (χ0) is 22.2. The van der Waals surface area contributed by atoms with Crippen LogP contribution in [-0.2, 0) is 24.2 Å². The van der Waals surface area contributed by atoms with E-state index >= 15 is 0 Å². The van der Waals surface area contributed by atoms with Gasteiger partial charge in [-0.1, -0.05) is 12.8 Å². The fourth-order valence-electron chi connectivity index (χ4n) is 3.92.